The van der Waals surface area contributed by atoms with E-state index in [4.69, 9.17) is 4.74 Å². The van der Waals surface area contributed by atoms with E-state index in [1.807, 2.05) is 0 Å². The molecule has 1 rings (SSSR count). The minimum atomic E-state index is -1.33. The third kappa shape index (κ3) is 3.77. The van der Waals surface area contributed by atoms with Gasteiger partial charge in [-0.3, -0.25) is 0 Å². The van der Waals surface area contributed by atoms with Crippen molar-refractivity contribution in [3.63, 3.8) is 0 Å². The van der Waals surface area contributed by atoms with Gasteiger partial charge in [0, 0.05) is 0 Å². The van der Waals surface area contributed by atoms with Crippen LogP contribution >= 0.6 is 0 Å². The molecule has 1 heterocycles. The lowest BCUT2D eigenvalue weighted by atomic mass is 10.4. The highest BCUT2D eigenvalue weighted by molar-refractivity contribution is 6.83. The maximum atomic E-state index is 10.9. The molecule has 0 aromatic carbocycles. The predicted octanol–water partition coefficient (Wildman–Crippen LogP) is 1.32. The van der Waals surface area contributed by atoms with Crippen LogP contribution in [0.1, 0.15) is 0 Å². The topological polar surface area (TPSA) is 35.5 Å². The Hall–Kier alpha value is -1.05. The maximum Gasteiger partial charge on any atom is 0.344 e. The summed E-state index contributed by atoms with van der Waals surface area (Å²) in [5.74, 6) is 2.56. The van der Waals surface area contributed by atoms with Gasteiger partial charge in [0.05, 0.1) is 6.26 Å². The Morgan fingerprint density at radius 2 is 2.29 bits per heavy atom. The van der Waals surface area contributed by atoms with Crippen LogP contribution in [0.2, 0.25) is 19.6 Å². The van der Waals surface area contributed by atoms with E-state index in [-0.39, 0.29) is 12.6 Å². The van der Waals surface area contributed by atoms with Crippen LogP contribution in [0.4, 0.5) is 0 Å². The van der Waals surface area contributed by atoms with E-state index in [0.29, 0.717) is 0 Å². The van der Waals surface area contributed by atoms with Crippen LogP contribution in [0.5, 0.6) is 0 Å². The second-order valence-corrected chi connectivity index (χ2v) is 8.80. The van der Waals surface area contributed by atoms with Crippen LogP contribution in [-0.2, 0) is 14.3 Å². The highest BCUT2D eigenvalue weighted by Crippen LogP contribution is 2.05. The van der Waals surface area contributed by atoms with Gasteiger partial charge in [0.25, 0.3) is 0 Å². The Kier molecular flexibility index (Phi) is 3.50. The first kappa shape index (κ1) is 11.0. The number of cyclic esters (lactones) is 1. The summed E-state index contributed by atoms with van der Waals surface area (Å²) in [4.78, 5) is 10.9. The lowest BCUT2D eigenvalue weighted by Crippen LogP contribution is -2.20. The zero-order chi connectivity index (χ0) is 10.6. The maximum absolute atomic E-state index is 10.9. The molecule has 0 N–H and O–H groups in total. The summed E-state index contributed by atoms with van der Waals surface area (Å²) >= 11 is 0. The van der Waals surface area contributed by atoms with E-state index in [0.717, 1.165) is 0 Å². The number of carbonyl (C=O) groups excluding carboxylic acids is 1. The molecular formula is C10H14O3Si. The third-order valence-electron chi connectivity index (χ3n) is 1.47. The standard InChI is InChI=1S/C10H14O3Si/c1-14(2,3)8-4-6-12-9-5-7-13-10(9)11/h5,7,9H,6H2,1-3H3. The first-order valence-corrected chi connectivity index (χ1v) is 7.98. The number of esters is 1. The van der Waals surface area contributed by atoms with E-state index < -0.39 is 14.2 Å². The molecule has 0 fully saturated rings. The van der Waals surface area contributed by atoms with Crippen molar-refractivity contribution in [2.45, 2.75) is 25.7 Å². The van der Waals surface area contributed by atoms with Gasteiger partial charge in [-0.05, 0) is 6.08 Å². The lowest BCUT2D eigenvalue weighted by Gasteiger charge is -2.05. The molecule has 1 aliphatic rings. The van der Waals surface area contributed by atoms with Gasteiger partial charge < -0.3 is 9.47 Å². The molecule has 14 heavy (non-hydrogen) atoms. The van der Waals surface area contributed by atoms with Gasteiger partial charge >= 0.3 is 5.97 Å². The minimum Gasteiger partial charge on any atom is -0.433 e. The molecule has 76 valence electrons. The summed E-state index contributed by atoms with van der Waals surface area (Å²) in [6, 6.07) is 0. The SMILES string of the molecule is C[Si](C)(C)C#CCOC1C=COC1=O. The normalized spacial score (nSPS) is 20.2. The largest absolute Gasteiger partial charge is 0.433 e. The molecule has 0 spiro atoms. The summed E-state index contributed by atoms with van der Waals surface area (Å²) in [7, 11) is -1.33. The number of rotatable bonds is 2. The third-order valence-corrected chi connectivity index (χ3v) is 2.40. The Bertz CT molecular complexity index is 304. The monoisotopic (exact) mass is 210 g/mol. The zero-order valence-corrected chi connectivity index (χ0v) is 9.66. The van der Waals surface area contributed by atoms with Gasteiger partial charge in [-0.2, -0.15) is 0 Å². The van der Waals surface area contributed by atoms with Crippen LogP contribution in [0.3, 0.4) is 0 Å². The first-order valence-electron chi connectivity index (χ1n) is 4.48. The van der Waals surface area contributed by atoms with Crippen molar-refractivity contribution in [2.24, 2.45) is 0 Å². The van der Waals surface area contributed by atoms with E-state index in [2.05, 4.69) is 35.8 Å². The molecular weight excluding hydrogens is 196 g/mol. The highest BCUT2D eigenvalue weighted by Gasteiger charge is 2.21. The number of ether oxygens (including phenoxy) is 2. The van der Waals surface area contributed by atoms with Gasteiger partial charge in [-0.15, -0.1) is 5.54 Å². The molecule has 0 saturated carbocycles. The molecule has 1 atom stereocenters. The Balaban J connectivity index is 2.30. The fourth-order valence-electron chi connectivity index (χ4n) is 0.880. The average molecular weight is 210 g/mol. The van der Waals surface area contributed by atoms with Crippen LogP contribution in [0.25, 0.3) is 0 Å². The number of hydrogen-bond donors (Lipinski definition) is 0. The lowest BCUT2D eigenvalue weighted by molar-refractivity contribution is -0.144. The van der Waals surface area contributed by atoms with Crippen molar-refractivity contribution in [1.29, 1.82) is 0 Å². The van der Waals surface area contributed by atoms with Crippen molar-refractivity contribution < 1.29 is 14.3 Å². The van der Waals surface area contributed by atoms with Crippen LogP contribution in [-0.4, -0.2) is 26.8 Å². The molecule has 1 aliphatic heterocycles. The van der Waals surface area contributed by atoms with E-state index in [9.17, 15) is 4.79 Å². The summed E-state index contributed by atoms with van der Waals surface area (Å²) in [5, 5.41) is 0. The predicted molar refractivity (Wildman–Crippen MR) is 56.1 cm³/mol. The van der Waals surface area contributed by atoms with Crippen molar-refractivity contribution in [2.75, 3.05) is 6.61 Å². The van der Waals surface area contributed by atoms with Gasteiger partial charge in [0.15, 0.2) is 6.10 Å². The smallest absolute Gasteiger partial charge is 0.344 e. The molecule has 0 saturated heterocycles. The first-order chi connectivity index (χ1) is 6.49. The van der Waals surface area contributed by atoms with Gasteiger partial charge in [0.2, 0.25) is 0 Å². The fraction of sp³-hybridized carbons (Fsp3) is 0.500. The minimum absolute atomic E-state index is 0.286. The van der Waals surface area contributed by atoms with Gasteiger partial charge in [0.1, 0.15) is 14.7 Å². The van der Waals surface area contributed by atoms with Crippen molar-refractivity contribution in [1.82, 2.24) is 0 Å². The van der Waals surface area contributed by atoms with Crippen LogP contribution < -0.4 is 0 Å². The van der Waals surface area contributed by atoms with Gasteiger partial charge in [-0.1, -0.05) is 25.6 Å². The highest BCUT2D eigenvalue weighted by atomic mass is 28.3. The van der Waals surface area contributed by atoms with E-state index >= 15 is 0 Å². The number of hydrogen-bond acceptors (Lipinski definition) is 3. The molecule has 0 radical (unpaired) electrons. The molecule has 0 aromatic heterocycles. The van der Waals surface area contributed by atoms with E-state index in [1.54, 1.807) is 6.08 Å². The molecule has 0 bridgehead atoms. The molecule has 0 aromatic rings. The molecule has 0 amide bonds. The molecule has 3 nitrogen and oxygen atoms in total. The number of carbonyl (C=O) groups is 1. The summed E-state index contributed by atoms with van der Waals surface area (Å²) in [6.45, 7) is 6.76. The van der Waals surface area contributed by atoms with Crippen molar-refractivity contribution >= 4 is 14.0 Å². The van der Waals surface area contributed by atoms with Crippen LogP contribution in [0, 0.1) is 11.5 Å². The Morgan fingerprint density at radius 3 is 2.79 bits per heavy atom. The molecule has 1 unspecified atom stereocenters. The van der Waals surface area contributed by atoms with Crippen molar-refractivity contribution in [3.8, 4) is 11.5 Å². The van der Waals surface area contributed by atoms with Crippen molar-refractivity contribution in [3.05, 3.63) is 12.3 Å². The summed E-state index contributed by atoms with van der Waals surface area (Å²) in [5.41, 5.74) is 3.15. The van der Waals surface area contributed by atoms with Crippen LogP contribution in [0.15, 0.2) is 12.3 Å². The molecule has 4 heteroatoms. The molecule has 0 aliphatic carbocycles. The average Bonchev–Trinajstić information content (AvgIpc) is 2.44. The second kappa shape index (κ2) is 4.44. The second-order valence-electron chi connectivity index (χ2n) is 4.05. The Morgan fingerprint density at radius 1 is 1.57 bits per heavy atom. The summed E-state index contributed by atoms with van der Waals surface area (Å²) < 4.78 is 9.78. The zero-order valence-electron chi connectivity index (χ0n) is 8.66. The quantitative estimate of drug-likeness (QED) is 0.392. The summed E-state index contributed by atoms with van der Waals surface area (Å²) in [6.07, 6.45) is 2.36. The van der Waals surface area contributed by atoms with Gasteiger partial charge in [-0.25, -0.2) is 4.79 Å². The fourth-order valence-corrected chi connectivity index (χ4v) is 1.48. The van der Waals surface area contributed by atoms with E-state index in [1.165, 1.54) is 6.26 Å². The Labute approximate surface area is 85.1 Å².